The molecule has 0 radical (unpaired) electrons. The zero-order chi connectivity index (χ0) is 30.7. The summed E-state index contributed by atoms with van der Waals surface area (Å²) in [4.78, 5) is 41.2. The lowest BCUT2D eigenvalue weighted by atomic mass is 10.1. The van der Waals surface area contributed by atoms with Crippen LogP contribution in [0, 0.1) is 19.7 Å². The zero-order valence-electron chi connectivity index (χ0n) is 24.8. The Balaban J connectivity index is 0.000000972. The molecule has 0 atom stereocenters. The Morgan fingerprint density at radius 2 is 1.67 bits per heavy atom. The summed E-state index contributed by atoms with van der Waals surface area (Å²) in [6.45, 7) is 8.57. The van der Waals surface area contributed by atoms with Crippen molar-refractivity contribution in [3.05, 3.63) is 90.6 Å². The smallest absolute Gasteiger partial charge is 0.336 e. The van der Waals surface area contributed by atoms with Gasteiger partial charge in [0.15, 0.2) is 0 Å². The number of nitrogens with one attached hydrogen (secondary N) is 2. The van der Waals surface area contributed by atoms with Gasteiger partial charge in [-0.05, 0) is 62.6 Å². The summed E-state index contributed by atoms with van der Waals surface area (Å²) in [7, 11) is 2.53. The van der Waals surface area contributed by atoms with E-state index >= 15 is 0 Å². The summed E-state index contributed by atoms with van der Waals surface area (Å²) < 4.78 is 24.1. The predicted molar refractivity (Wildman–Crippen MR) is 164 cm³/mol. The average molecular weight is 580 g/mol. The number of ether oxygens (including phenoxy) is 1. The molecule has 2 aromatic heterocycles. The van der Waals surface area contributed by atoms with Crippen molar-refractivity contribution >= 4 is 28.1 Å². The Labute approximate surface area is 243 Å². The topological polar surface area (TPSA) is 120 Å². The van der Waals surface area contributed by atoms with E-state index in [1.54, 1.807) is 32.0 Å². The van der Waals surface area contributed by atoms with E-state index < -0.39 is 22.6 Å². The van der Waals surface area contributed by atoms with Crippen molar-refractivity contribution in [3.63, 3.8) is 0 Å². The minimum atomic E-state index is -0.513. The third-order valence-electron chi connectivity index (χ3n) is 7.25. The van der Waals surface area contributed by atoms with E-state index in [1.165, 1.54) is 26.8 Å². The van der Waals surface area contributed by atoms with Gasteiger partial charge in [0.25, 0.3) is 11.1 Å². The molecule has 224 valence electrons. The molecular weight excluding hydrogens is 541 g/mol. The standard InChI is InChI=1S/C28H28FN5O4.C2H6.CH4O/c1-15-7-10-22(21(29)11-15)31-25-23-24(16(2)26(35)32(25)3)33(28(37)34(27(23)36)19-8-9-19)20-6-4-5-17(12-20)30-18-13-38-14-18;2*1-2/h4-7,10-12,18-19,30-31H,8-9,13-14H2,1-3H3;1-2H3;2H,1H3. The lowest BCUT2D eigenvalue weighted by Gasteiger charge is -2.28. The van der Waals surface area contributed by atoms with Gasteiger partial charge in [-0.2, -0.15) is 0 Å². The van der Waals surface area contributed by atoms with Crippen LogP contribution >= 0.6 is 0 Å². The van der Waals surface area contributed by atoms with Crippen LogP contribution in [0.25, 0.3) is 16.6 Å². The Bertz CT molecular complexity index is 1780. The molecule has 11 heteroatoms. The van der Waals surface area contributed by atoms with E-state index in [9.17, 15) is 18.8 Å². The molecule has 2 aliphatic rings. The van der Waals surface area contributed by atoms with Crippen molar-refractivity contribution in [3.8, 4) is 5.69 Å². The molecule has 2 aromatic carbocycles. The van der Waals surface area contributed by atoms with Crippen LogP contribution in [0.3, 0.4) is 0 Å². The SMILES string of the molecule is CC.CO.Cc1ccc(Nc2c3c(=O)n(C4CC4)c(=O)n(-c4cccc(NC5COC5)c4)c3c(C)c(=O)n2C)c(F)c1. The van der Waals surface area contributed by atoms with Crippen LogP contribution in [-0.4, -0.2) is 45.2 Å². The van der Waals surface area contributed by atoms with Crippen molar-refractivity contribution in [1.82, 2.24) is 13.7 Å². The second-order valence-corrected chi connectivity index (χ2v) is 10.1. The molecule has 1 saturated heterocycles. The second kappa shape index (κ2) is 12.7. The summed E-state index contributed by atoms with van der Waals surface area (Å²) in [5.41, 5.74) is 1.23. The van der Waals surface area contributed by atoms with Crippen LogP contribution in [0.5, 0.6) is 0 Å². The summed E-state index contributed by atoms with van der Waals surface area (Å²) in [6.07, 6.45) is 1.42. The molecule has 1 aliphatic heterocycles. The van der Waals surface area contributed by atoms with Gasteiger partial charge in [-0.25, -0.2) is 9.18 Å². The van der Waals surface area contributed by atoms with Crippen molar-refractivity contribution in [2.75, 3.05) is 31.0 Å². The normalized spacial score (nSPS) is 14.3. The van der Waals surface area contributed by atoms with Gasteiger partial charge in [0, 0.05) is 31.5 Å². The predicted octanol–water partition coefficient (Wildman–Crippen LogP) is 4.13. The van der Waals surface area contributed by atoms with Gasteiger partial charge in [-0.1, -0.05) is 26.0 Å². The molecule has 0 amide bonds. The zero-order valence-corrected chi connectivity index (χ0v) is 24.8. The van der Waals surface area contributed by atoms with E-state index in [-0.39, 0.29) is 40.1 Å². The Morgan fingerprint density at radius 3 is 2.26 bits per heavy atom. The molecule has 0 spiro atoms. The second-order valence-electron chi connectivity index (χ2n) is 10.1. The summed E-state index contributed by atoms with van der Waals surface area (Å²) in [5, 5.41) is 13.5. The number of rotatable bonds is 6. The third kappa shape index (κ3) is 5.62. The first-order chi connectivity index (χ1) is 20.2. The van der Waals surface area contributed by atoms with Gasteiger partial charge in [0.05, 0.1) is 36.1 Å². The Morgan fingerprint density at radius 1 is 0.976 bits per heavy atom. The molecule has 0 unspecified atom stereocenters. The lowest BCUT2D eigenvalue weighted by molar-refractivity contribution is 0.0211. The number of hydrogen-bond acceptors (Lipinski definition) is 7. The fraction of sp³-hybridized carbons (Fsp3) is 0.387. The number of fused-ring (bicyclic) bond motifs is 1. The minimum absolute atomic E-state index is 0.125. The maximum Gasteiger partial charge on any atom is 0.336 e. The number of aliphatic hydroxyl groups is 1. The fourth-order valence-corrected chi connectivity index (χ4v) is 4.99. The van der Waals surface area contributed by atoms with Crippen LogP contribution in [-0.2, 0) is 11.8 Å². The number of pyridine rings is 1. The van der Waals surface area contributed by atoms with E-state index in [2.05, 4.69) is 10.6 Å². The minimum Gasteiger partial charge on any atom is -0.400 e. The molecule has 2 fully saturated rings. The van der Waals surface area contributed by atoms with Crippen molar-refractivity contribution in [2.24, 2.45) is 7.05 Å². The van der Waals surface area contributed by atoms with Gasteiger partial charge >= 0.3 is 5.69 Å². The van der Waals surface area contributed by atoms with Crippen LogP contribution in [0.1, 0.15) is 43.9 Å². The summed E-state index contributed by atoms with van der Waals surface area (Å²) >= 11 is 0. The molecule has 42 heavy (non-hydrogen) atoms. The summed E-state index contributed by atoms with van der Waals surface area (Å²) in [6, 6.07) is 11.9. The number of benzene rings is 2. The van der Waals surface area contributed by atoms with Crippen molar-refractivity contribution in [2.45, 2.75) is 52.6 Å². The number of halogens is 1. The number of aryl methyl sites for hydroxylation is 2. The first-order valence-electron chi connectivity index (χ1n) is 14.1. The molecule has 1 aliphatic carbocycles. The highest BCUT2D eigenvalue weighted by molar-refractivity contribution is 5.93. The van der Waals surface area contributed by atoms with Crippen LogP contribution in [0.15, 0.2) is 56.8 Å². The van der Waals surface area contributed by atoms with Crippen molar-refractivity contribution < 1.29 is 14.2 Å². The van der Waals surface area contributed by atoms with Crippen LogP contribution < -0.4 is 27.4 Å². The third-order valence-corrected chi connectivity index (χ3v) is 7.25. The van der Waals surface area contributed by atoms with Crippen molar-refractivity contribution in [1.29, 1.82) is 0 Å². The molecule has 10 nitrogen and oxygen atoms in total. The molecule has 4 aromatic rings. The number of nitrogens with zero attached hydrogens (tertiary/aromatic N) is 3. The first kappa shape index (κ1) is 30.7. The molecule has 3 N–H and O–H groups in total. The maximum atomic E-state index is 14.9. The monoisotopic (exact) mass is 579 g/mol. The number of anilines is 3. The van der Waals surface area contributed by atoms with E-state index in [0.29, 0.717) is 31.7 Å². The molecule has 6 rings (SSSR count). The maximum absolute atomic E-state index is 14.9. The first-order valence-corrected chi connectivity index (χ1v) is 14.1. The summed E-state index contributed by atoms with van der Waals surface area (Å²) in [5.74, 6) is -0.381. The van der Waals surface area contributed by atoms with E-state index in [4.69, 9.17) is 9.84 Å². The van der Waals surface area contributed by atoms with Gasteiger partial charge in [0.2, 0.25) is 0 Å². The Kier molecular flexibility index (Phi) is 9.33. The molecule has 3 heterocycles. The highest BCUT2D eigenvalue weighted by Crippen LogP contribution is 2.34. The van der Waals surface area contributed by atoms with Crippen LogP contribution in [0.2, 0.25) is 0 Å². The van der Waals surface area contributed by atoms with Gasteiger partial charge in [-0.3, -0.25) is 23.3 Å². The van der Waals surface area contributed by atoms with E-state index in [1.807, 2.05) is 32.0 Å². The molecular formula is C31H38FN5O5. The van der Waals surface area contributed by atoms with Gasteiger partial charge < -0.3 is 20.5 Å². The quantitative estimate of drug-likeness (QED) is 0.314. The molecule has 0 bridgehead atoms. The van der Waals surface area contributed by atoms with Gasteiger partial charge in [0.1, 0.15) is 17.0 Å². The Hall–Kier alpha value is -4.22. The number of aliphatic hydroxyl groups excluding tert-OH is 1. The fourth-order valence-electron chi connectivity index (χ4n) is 4.99. The van der Waals surface area contributed by atoms with Gasteiger partial charge in [-0.15, -0.1) is 0 Å². The number of aromatic nitrogens is 3. The number of hydrogen-bond donors (Lipinski definition) is 3. The van der Waals surface area contributed by atoms with Crippen LogP contribution in [0.4, 0.5) is 21.6 Å². The highest BCUT2D eigenvalue weighted by Gasteiger charge is 2.31. The lowest BCUT2D eigenvalue weighted by Crippen LogP contribution is -2.41. The molecule has 1 saturated carbocycles. The van der Waals surface area contributed by atoms with E-state index in [0.717, 1.165) is 18.4 Å². The average Bonchev–Trinajstić information content (AvgIpc) is 3.81. The highest BCUT2D eigenvalue weighted by atomic mass is 19.1. The largest absolute Gasteiger partial charge is 0.400 e.